The van der Waals surface area contributed by atoms with E-state index in [9.17, 15) is 15.2 Å². The minimum Gasteiger partial charge on any atom is -0.390 e. The second kappa shape index (κ2) is 3.75. The molecule has 7 aliphatic rings. The van der Waals surface area contributed by atoms with Crippen molar-refractivity contribution >= 4 is 5.91 Å². The second-order valence-electron chi connectivity index (χ2n) is 9.38. The summed E-state index contributed by atoms with van der Waals surface area (Å²) in [4.78, 5) is 15.1. The van der Waals surface area contributed by atoms with Gasteiger partial charge in [0.2, 0.25) is 5.91 Å². The topological polar surface area (TPSA) is 76.4 Å². The second-order valence-corrected chi connectivity index (χ2v) is 9.38. The summed E-state index contributed by atoms with van der Waals surface area (Å²) >= 11 is 0. The van der Waals surface area contributed by atoms with E-state index < -0.39 is 5.60 Å². The maximum atomic E-state index is 13.2. The molecule has 23 heavy (non-hydrogen) atoms. The largest absolute Gasteiger partial charge is 0.390 e. The highest BCUT2D eigenvalue weighted by Crippen LogP contribution is 2.66. The van der Waals surface area contributed by atoms with Gasteiger partial charge in [0.1, 0.15) is 6.04 Å². The molecule has 0 aromatic rings. The van der Waals surface area contributed by atoms with E-state index in [2.05, 4.69) is 11.4 Å². The van der Waals surface area contributed by atoms with Crippen LogP contribution < -0.4 is 5.32 Å². The molecule has 9 atom stereocenters. The molecule has 2 aliphatic heterocycles. The number of rotatable bonds is 1. The van der Waals surface area contributed by atoms with Gasteiger partial charge in [0.15, 0.2) is 0 Å². The van der Waals surface area contributed by atoms with Gasteiger partial charge in [-0.05, 0) is 62.7 Å². The quantitative estimate of drug-likeness (QED) is 0.750. The van der Waals surface area contributed by atoms with E-state index in [1.54, 1.807) is 0 Å². The van der Waals surface area contributed by atoms with Crippen molar-refractivity contribution in [2.75, 3.05) is 0 Å². The van der Waals surface area contributed by atoms with E-state index in [1.165, 1.54) is 6.42 Å². The van der Waals surface area contributed by atoms with Crippen molar-refractivity contribution in [2.45, 2.75) is 74.7 Å². The van der Waals surface area contributed by atoms with E-state index in [4.69, 9.17) is 0 Å². The first-order chi connectivity index (χ1) is 11.0. The Morgan fingerprint density at radius 1 is 1.22 bits per heavy atom. The number of hydrogen-bond donors (Lipinski definition) is 2. The number of aliphatic hydroxyl groups is 1. The maximum absolute atomic E-state index is 13.2. The molecular weight excluding hydrogens is 290 g/mol. The van der Waals surface area contributed by atoms with Crippen molar-refractivity contribution < 1.29 is 9.90 Å². The molecule has 7 rings (SSSR count). The van der Waals surface area contributed by atoms with Crippen molar-refractivity contribution in [3.63, 3.8) is 0 Å². The van der Waals surface area contributed by atoms with Crippen LogP contribution in [0.25, 0.3) is 0 Å². The molecule has 2 N–H and O–H groups in total. The smallest absolute Gasteiger partial charge is 0.241 e. The summed E-state index contributed by atoms with van der Waals surface area (Å²) < 4.78 is 0. The van der Waals surface area contributed by atoms with Gasteiger partial charge in [0.25, 0.3) is 0 Å². The fourth-order valence-electron chi connectivity index (χ4n) is 7.49. The predicted molar refractivity (Wildman–Crippen MR) is 80.9 cm³/mol. The van der Waals surface area contributed by atoms with E-state index in [0.29, 0.717) is 29.8 Å². The summed E-state index contributed by atoms with van der Waals surface area (Å²) in [6.07, 6.45) is 6.91. The monoisotopic (exact) mass is 313 g/mol. The van der Waals surface area contributed by atoms with Crippen LogP contribution in [0.15, 0.2) is 0 Å². The minimum atomic E-state index is -0.523. The molecule has 1 unspecified atom stereocenters. The summed E-state index contributed by atoms with van der Waals surface area (Å²) in [5, 5.41) is 23.9. The third-order valence-corrected chi connectivity index (χ3v) is 8.04. The zero-order valence-corrected chi connectivity index (χ0v) is 13.2. The zero-order chi connectivity index (χ0) is 15.6. The molecule has 5 heteroatoms. The Labute approximate surface area is 136 Å². The number of carbonyl (C=O) groups is 1. The van der Waals surface area contributed by atoms with Gasteiger partial charge >= 0.3 is 0 Å². The molecule has 0 aromatic heterocycles. The third-order valence-electron chi connectivity index (χ3n) is 8.04. The maximum Gasteiger partial charge on any atom is 0.241 e. The molecular formula is C18H23N3O2. The molecule has 7 fully saturated rings. The Bertz CT molecular complexity index is 659. The molecule has 5 nitrogen and oxygen atoms in total. The fourth-order valence-corrected chi connectivity index (χ4v) is 7.49. The normalized spacial score (nSPS) is 60.7. The van der Waals surface area contributed by atoms with E-state index in [-0.39, 0.29) is 23.4 Å². The van der Waals surface area contributed by atoms with Crippen molar-refractivity contribution in [1.29, 1.82) is 5.26 Å². The SMILES string of the molecule is N#C[C@@H]1C[C@@H]2C[C@@H]2N1C(=O)[C@H]1NC2[C@@H]3C[C@H]4C[C@@](O)(C3)C[C@]21C4. The van der Waals surface area contributed by atoms with Gasteiger partial charge in [-0.2, -0.15) is 5.26 Å². The number of carbonyl (C=O) groups excluding carboxylic acids is 1. The molecule has 0 aromatic carbocycles. The number of amides is 1. The highest BCUT2D eigenvalue weighted by molar-refractivity contribution is 5.86. The van der Waals surface area contributed by atoms with Crippen molar-refractivity contribution in [3.8, 4) is 6.07 Å². The zero-order valence-electron chi connectivity index (χ0n) is 13.2. The Hall–Kier alpha value is -1.12. The van der Waals surface area contributed by atoms with Crippen LogP contribution in [0.4, 0.5) is 0 Å². The molecule has 5 aliphatic carbocycles. The number of piperidine rings is 1. The van der Waals surface area contributed by atoms with Gasteiger partial charge in [-0.3, -0.25) is 4.79 Å². The molecule has 4 bridgehead atoms. The first kappa shape index (κ1) is 13.2. The van der Waals surface area contributed by atoms with Crippen LogP contribution in [0, 0.1) is 34.5 Å². The molecule has 5 saturated carbocycles. The first-order valence-electron chi connectivity index (χ1n) is 9.23. The highest BCUT2D eigenvalue weighted by Gasteiger charge is 2.72. The van der Waals surface area contributed by atoms with Crippen molar-refractivity contribution in [1.82, 2.24) is 10.2 Å². The first-order valence-corrected chi connectivity index (χ1v) is 9.23. The van der Waals surface area contributed by atoms with Crippen LogP contribution in [-0.2, 0) is 4.79 Å². The van der Waals surface area contributed by atoms with Gasteiger partial charge in [-0.25, -0.2) is 0 Å². The predicted octanol–water partition coefficient (Wildman–Crippen LogP) is 0.781. The summed E-state index contributed by atoms with van der Waals surface area (Å²) in [7, 11) is 0. The van der Waals surface area contributed by atoms with Crippen LogP contribution in [0.5, 0.6) is 0 Å². The van der Waals surface area contributed by atoms with E-state index in [1.807, 2.05) is 4.90 Å². The lowest BCUT2D eigenvalue weighted by atomic mass is 9.40. The minimum absolute atomic E-state index is 0.0249. The van der Waals surface area contributed by atoms with Crippen molar-refractivity contribution in [3.05, 3.63) is 0 Å². The molecule has 2 saturated heterocycles. The van der Waals surface area contributed by atoms with Gasteiger partial charge in [-0.1, -0.05) is 0 Å². The summed E-state index contributed by atoms with van der Waals surface area (Å²) in [6.45, 7) is 0. The average molecular weight is 313 g/mol. The van der Waals surface area contributed by atoms with Crippen LogP contribution in [0.3, 0.4) is 0 Å². The lowest BCUT2D eigenvalue weighted by Gasteiger charge is -2.72. The molecule has 1 amide bonds. The van der Waals surface area contributed by atoms with Gasteiger partial charge in [0, 0.05) is 17.5 Å². The van der Waals surface area contributed by atoms with E-state index in [0.717, 1.165) is 38.5 Å². The van der Waals surface area contributed by atoms with Crippen LogP contribution in [-0.4, -0.2) is 45.7 Å². The Kier molecular flexibility index (Phi) is 2.16. The lowest BCUT2D eigenvalue weighted by Crippen LogP contribution is -2.83. The van der Waals surface area contributed by atoms with Crippen LogP contribution >= 0.6 is 0 Å². The average Bonchev–Trinajstić information content (AvgIpc) is 3.13. The summed E-state index contributed by atoms with van der Waals surface area (Å²) in [5.41, 5.74) is -0.548. The van der Waals surface area contributed by atoms with Gasteiger partial charge in [-0.15, -0.1) is 0 Å². The highest BCUT2D eigenvalue weighted by atomic mass is 16.3. The van der Waals surface area contributed by atoms with Crippen LogP contribution in [0.2, 0.25) is 0 Å². The Balaban J connectivity index is 1.33. The number of likely N-dealkylation sites (tertiary alicyclic amines) is 1. The standard InChI is InChI=1S/C18H23N3O2/c19-7-12-2-10-3-13(10)21(12)16(22)15-18-5-9-1-11(14(18)20-15)6-17(23,4-9)8-18/h9-15,20,23H,1-6,8H2/t9-,10+,11+,12-,13-,14?,15+,17+,18+/m0/s1. The summed E-state index contributed by atoms with van der Waals surface area (Å²) in [6, 6.07) is 2.71. The van der Waals surface area contributed by atoms with Crippen LogP contribution in [0.1, 0.15) is 44.9 Å². The van der Waals surface area contributed by atoms with Gasteiger partial charge in [0.05, 0.1) is 17.7 Å². The molecule has 2 heterocycles. The van der Waals surface area contributed by atoms with Gasteiger partial charge < -0.3 is 15.3 Å². The summed E-state index contributed by atoms with van der Waals surface area (Å²) in [5.74, 6) is 1.87. The Morgan fingerprint density at radius 2 is 2.09 bits per heavy atom. The number of fused-ring (bicyclic) bond motifs is 1. The number of nitrogens with one attached hydrogen (secondary N) is 1. The fraction of sp³-hybridized carbons (Fsp3) is 0.889. The molecule has 122 valence electrons. The molecule has 0 radical (unpaired) electrons. The molecule has 1 spiro atoms. The number of hydrogen-bond acceptors (Lipinski definition) is 4. The third kappa shape index (κ3) is 1.44. The number of nitrogens with zero attached hydrogens (tertiary/aromatic N) is 2. The van der Waals surface area contributed by atoms with E-state index >= 15 is 0 Å². The van der Waals surface area contributed by atoms with Crippen molar-refractivity contribution in [2.24, 2.45) is 23.2 Å². The lowest BCUT2D eigenvalue weighted by molar-refractivity contribution is -0.231. The Morgan fingerprint density at radius 3 is 2.87 bits per heavy atom. The number of nitriles is 1.